The molecule has 0 amide bonds. The van der Waals surface area contributed by atoms with Crippen LogP contribution in [0.5, 0.6) is 0 Å². The van der Waals surface area contributed by atoms with Crippen molar-refractivity contribution in [2.24, 2.45) is 5.16 Å². The van der Waals surface area contributed by atoms with Gasteiger partial charge in [-0.1, -0.05) is 5.16 Å². The Hall–Kier alpha value is -1.60. The zero-order valence-corrected chi connectivity index (χ0v) is 13.7. The third-order valence-corrected chi connectivity index (χ3v) is 3.32. The minimum atomic E-state index is -4.61. The Morgan fingerprint density at radius 3 is 2.64 bits per heavy atom. The van der Waals surface area contributed by atoms with Crippen LogP contribution in [0.25, 0.3) is 0 Å². The van der Waals surface area contributed by atoms with Crippen LogP contribution in [0.15, 0.2) is 5.16 Å². The van der Waals surface area contributed by atoms with E-state index < -0.39 is 35.4 Å². The molecule has 22 heavy (non-hydrogen) atoms. The van der Waals surface area contributed by atoms with Crippen LogP contribution in [0.1, 0.15) is 12.7 Å². The first kappa shape index (κ1) is 18.4. The highest BCUT2D eigenvalue weighted by atomic mass is 32.2. The molecular formula is C7H11N4O8PS2. The van der Waals surface area contributed by atoms with E-state index in [-0.39, 0.29) is 11.7 Å². The molecule has 0 fully saturated rings. The maximum Gasteiger partial charge on any atom is 0.429 e. The molecule has 1 aromatic heterocycles. The highest BCUT2D eigenvalue weighted by Crippen LogP contribution is 2.35. The third kappa shape index (κ3) is 6.44. The first-order valence-corrected chi connectivity index (χ1v) is 9.53. The van der Waals surface area contributed by atoms with Gasteiger partial charge < -0.3 is 18.8 Å². The average Bonchev–Trinajstić information content (AvgIpc) is 2.73. The van der Waals surface area contributed by atoms with Gasteiger partial charge in [-0.05, 0) is 6.92 Å². The fourth-order valence-electron chi connectivity index (χ4n) is 0.965. The number of nitrogens with zero attached hydrogens (tertiary/aromatic N) is 3. The first-order chi connectivity index (χ1) is 10.0. The minimum Gasteiger partial charge on any atom is -0.395 e. The molecule has 0 spiro atoms. The van der Waals surface area contributed by atoms with Gasteiger partial charge in [0.2, 0.25) is 16.7 Å². The summed E-state index contributed by atoms with van der Waals surface area (Å²) in [6, 6.07) is 0. The van der Waals surface area contributed by atoms with Crippen LogP contribution in [0, 0.1) is 0 Å². The molecular weight excluding hydrogens is 363 g/mol. The van der Waals surface area contributed by atoms with Gasteiger partial charge in [0.05, 0.1) is 6.26 Å². The summed E-state index contributed by atoms with van der Waals surface area (Å²) in [7, 11) is -8.71. The predicted octanol–water partition coefficient (Wildman–Crippen LogP) is -0.714. The number of carbonyl (C=O) groups is 1. The standard InChI is InChI=1S/C7H11N4O8PS2/c1-3-18-9-4(6(12)19-22(2,16)17)5-8-7(21-11-5)10-20(13,14)15/h3H2,1-2H3,(H3,8,10,11,13,14,15). The van der Waals surface area contributed by atoms with Gasteiger partial charge in [0.25, 0.3) is 0 Å². The maximum atomic E-state index is 11.7. The molecule has 1 rings (SSSR count). The molecule has 3 N–H and O–H groups in total. The topological polar surface area (TPSA) is 177 Å². The molecule has 0 radical (unpaired) electrons. The van der Waals surface area contributed by atoms with Crippen molar-refractivity contribution in [3.05, 3.63) is 5.82 Å². The predicted molar refractivity (Wildman–Crippen MR) is 74.7 cm³/mol. The minimum absolute atomic E-state index is 0.0629. The van der Waals surface area contributed by atoms with Gasteiger partial charge in [-0.3, -0.25) is 5.09 Å². The second-order valence-corrected chi connectivity index (χ2v) is 7.15. The van der Waals surface area contributed by atoms with E-state index in [4.69, 9.17) is 9.79 Å². The molecule has 15 heteroatoms. The molecule has 0 aliphatic carbocycles. The fraction of sp³-hybridized carbons (Fsp3) is 0.429. The van der Waals surface area contributed by atoms with Crippen LogP contribution in [0.2, 0.25) is 0 Å². The van der Waals surface area contributed by atoms with Gasteiger partial charge in [-0.25, -0.2) is 9.36 Å². The normalized spacial score (nSPS) is 12.8. The van der Waals surface area contributed by atoms with Crippen molar-refractivity contribution in [3.8, 4) is 0 Å². The molecule has 0 aliphatic heterocycles. The molecule has 124 valence electrons. The summed E-state index contributed by atoms with van der Waals surface area (Å²) in [5, 5.41) is 4.78. The summed E-state index contributed by atoms with van der Waals surface area (Å²) in [5.41, 5.74) is -0.665. The number of nitrogens with one attached hydrogen (secondary N) is 1. The van der Waals surface area contributed by atoms with Crippen molar-refractivity contribution in [1.29, 1.82) is 0 Å². The van der Waals surface area contributed by atoms with E-state index in [9.17, 15) is 17.8 Å². The summed E-state index contributed by atoms with van der Waals surface area (Å²) in [5.74, 6) is -1.81. The lowest BCUT2D eigenvalue weighted by atomic mass is 10.4. The molecule has 1 heterocycles. The Balaban J connectivity index is 3.08. The Bertz CT molecular complexity index is 723. The van der Waals surface area contributed by atoms with Gasteiger partial charge >= 0.3 is 23.8 Å². The van der Waals surface area contributed by atoms with Gasteiger partial charge in [-0.2, -0.15) is 17.8 Å². The second kappa shape index (κ2) is 7.11. The Morgan fingerprint density at radius 2 is 2.14 bits per heavy atom. The first-order valence-electron chi connectivity index (χ1n) is 5.33. The van der Waals surface area contributed by atoms with Crippen molar-refractivity contribution in [1.82, 2.24) is 9.36 Å². The summed E-state index contributed by atoms with van der Waals surface area (Å²) in [6.45, 7) is 1.62. The van der Waals surface area contributed by atoms with Gasteiger partial charge in [0.15, 0.2) is 0 Å². The smallest absolute Gasteiger partial charge is 0.395 e. The van der Waals surface area contributed by atoms with Crippen molar-refractivity contribution in [3.63, 3.8) is 0 Å². The summed E-state index contributed by atoms with van der Waals surface area (Å²) in [6.07, 6.45) is 0.651. The number of anilines is 1. The van der Waals surface area contributed by atoms with Crippen LogP contribution in [0.4, 0.5) is 5.13 Å². The molecule has 12 nitrogen and oxygen atoms in total. The van der Waals surface area contributed by atoms with E-state index in [2.05, 4.69) is 23.5 Å². The van der Waals surface area contributed by atoms with Crippen LogP contribution < -0.4 is 5.09 Å². The van der Waals surface area contributed by atoms with E-state index >= 15 is 0 Å². The largest absolute Gasteiger partial charge is 0.429 e. The molecule has 0 bridgehead atoms. The van der Waals surface area contributed by atoms with Crippen molar-refractivity contribution >= 4 is 46.2 Å². The molecule has 1 aromatic rings. The molecule has 0 unspecified atom stereocenters. The lowest BCUT2D eigenvalue weighted by Gasteiger charge is -2.03. The fourth-order valence-corrected chi connectivity index (χ4v) is 2.57. The van der Waals surface area contributed by atoms with Gasteiger partial charge in [0.1, 0.15) is 6.61 Å². The summed E-state index contributed by atoms with van der Waals surface area (Å²) < 4.78 is 40.4. The van der Waals surface area contributed by atoms with Gasteiger partial charge in [0, 0.05) is 11.5 Å². The second-order valence-electron chi connectivity index (χ2n) is 3.51. The van der Waals surface area contributed by atoms with Crippen molar-refractivity contribution < 1.29 is 36.6 Å². The molecule has 0 saturated heterocycles. The SMILES string of the molecule is CCON=C(C(=O)OS(C)(=O)=O)c1nsc(NP(=O)(O)O)n1. The molecule has 0 aliphatic rings. The summed E-state index contributed by atoms with van der Waals surface area (Å²) in [4.78, 5) is 37.4. The van der Waals surface area contributed by atoms with E-state index in [1.807, 2.05) is 0 Å². The zero-order chi connectivity index (χ0) is 17.0. The zero-order valence-electron chi connectivity index (χ0n) is 11.2. The lowest BCUT2D eigenvalue weighted by molar-refractivity contribution is -0.126. The number of aromatic nitrogens is 2. The average molecular weight is 374 g/mol. The number of hydrogen-bond donors (Lipinski definition) is 3. The van der Waals surface area contributed by atoms with E-state index in [0.717, 1.165) is 0 Å². The quantitative estimate of drug-likeness (QED) is 0.237. The van der Waals surface area contributed by atoms with Crippen LogP contribution in [-0.4, -0.2) is 52.1 Å². The highest BCUT2D eigenvalue weighted by molar-refractivity contribution is 7.86. The number of carbonyl (C=O) groups excluding carboxylic acids is 1. The van der Waals surface area contributed by atoms with Crippen LogP contribution in [-0.2, 0) is 28.5 Å². The van der Waals surface area contributed by atoms with E-state index in [1.165, 1.54) is 0 Å². The molecule has 0 aromatic carbocycles. The van der Waals surface area contributed by atoms with Crippen molar-refractivity contribution in [2.45, 2.75) is 6.92 Å². The molecule has 0 atom stereocenters. The van der Waals surface area contributed by atoms with Gasteiger partial charge in [-0.15, -0.1) is 0 Å². The summed E-state index contributed by atoms with van der Waals surface area (Å²) >= 11 is 0.516. The number of oxime groups is 1. The van der Waals surface area contributed by atoms with E-state index in [0.29, 0.717) is 17.8 Å². The Kier molecular flexibility index (Phi) is 5.96. The van der Waals surface area contributed by atoms with Crippen LogP contribution >= 0.6 is 19.3 Å². The van der Waals surface area contributed by atoms with Crippen LogP contribution in [0.3, 0.4) is 0 Å². The van der Waals surface area contributed by atoms with E-state index in [1.54, 1.807) is 12.0 Å². The Labute approximate surface area is 128 Å². The monoisotopic (exact) mass is 374 g/mol. The Morgan fingerprint density at radius 1 is 1.50 bits per heavy atom. The molecule has 0 saturated carbocycles. The highest BCUT2D eigenvalue weighted by Gasteiger charge is 2.26. The van der Waals surface area contributed by atoms with Crippen molar-refractivity contribution in [2.75, 3.05) is 17.9 Å². The number of hydrogen-bond acceptors (Lipinski definition) is 10. The third-order valence-electron chi connectivity index (χ3n) is 1.58. The maximum absolute atomic E-state index is 11.7. The lowest BCUT2D eigenvalue weighted by Crippen LogP contribution is -2.23. The number of rotatable bonds is 7.